The van der Waals surface area contributed by atoms with Gasteiger partial charge in [-0.15, -0.1) is 5.10 Å². The van der Waals surface area contributed by atoms with Crippen molar-refractivity contribution in [3.63, 3.8) is 0 Å². The van der Waals surface area contributed by atoms with Crippen molar-refractivity contribution >= 4 is 28.9 Å². The van der Waals surface area contributed by atoms with Gasteiger partial charge in [0.2, 0.25) is 5.78 Å². The molecule has 286 valence electrons. The number of imidazole rings is 1. The average molecular weight is 754 g/mol. The van der Waals surface area contributed by atoms with E-state index >= 15 is 0 Å². The van der Waals surface area contributed by atoms with Gasteiger partial charge in [0, 0.05) is 32.0 Å². The van der Waals surface area contributed by atoms with E-state index in [0.717, 1.165) is 12.1 Å². The number of halogens is 5. The average Bonchev–Trinajstić information content (AvgIpc) is 3.84. The number of likely N-dealkylation sites (tertiary alicyclic amines) is 1. The minimum atomic E-state index is -4.45. The maximum absolute atomic E-state index is 14.5. The standard InChI is InChI=1S/C38H40F5N7O4/c1-48(37(52)28-19-26(8-10-34(28)53-2)32-21-44-47-46-32)22-27(25-7-9-29(39)30(40)20-25)13-16-49-14-11-24(12-15-49)35(51)36-45-31-5-3-4-6-33(31)50(36)17-18-54-23-38(41,42)43/h3-10,19-21,24,27,32H,11-18,22-23H2,1-2H3. The zero-order valence-corrected chi connectivity index (χ0v) is 29.8. The zero-order valence-electron chi connectivity index (χ0n) is 29.8. The van der Waals surface area contributed by atoms with Crippen LogP contribution in [0, 0.1) is 17.6 Å². The molecule has 11 nitrogen and oxygen atoms in total. The number of alkyl halides is 3. The molecule has 2 atom stereocenters. The van der Waals surface area contributed by atoms with Crippen LogP contribution in [0.25, 0.3) is 11.0 Å². The number of fused-ring (bicyclic) bond motifs is 1. The summed E-state index contributed by atoms with van der Waals surface area (Å²) in [5.41, 5.74) is 2.78. The summed E-state index contributed by atoms with van der Waals surface area (Å²) in [4.78, 5) is 35.9. The van der Waals surface area contributed by atoms with Crippen LogP contribution < -0.4 is 4.74 Å². The number of nitrogens with zero attached hydrogens (tertiary/aromatic N) is 7. The Hall–Kier alpha value is -5.09. The van der Waals surface area contributed by atoms with E-state index in [1.807, 2.05) is 0 Å². The number of carbonyl (C=O) groups is 2. The maximum atomic E-state index is 14.5. The van der Waals surface area contributed by atoms with Gasteiger partial charge in [-0.2, -0.15) is 18.3 Å². The number of piperidine rings is 1. The fourth-order valence-electron chi connectivity index (χ4n) is 6.96. The molecule has 0 N–H and O–H groups in total. The third-order valence-electron chi connectivity index (χ3n) is 9.84. The minimum absolute atomic E-state index is 0.0401. The number of rotatable bonds is 15. The molecule has 1 saturated heterocycles. The van der Waals surface area contributed by atoms with Crippen LogP contribution >= 0.6 is 0 Å². The SMILES string of the molecule is COc1ccc(C2C=NN=N2)cc1C(=O)N(C)CC(CCN1CCC(C(=O)c2nc3ccccc3n2CCOCC(F)(F)F)CC1)c1ccc(F)c(F)c1. The molecule has 1 aromatic heterocycles. The Labute approximate surface area is 308 Å². The summed E-state index contributed by atoms with van der Waals surface area (Å²) in [6.07, 6.45) is -1.32. The number of para-hydroxylation sites is 2. The number of benzene rings is 3. The lowest BCUT2D eigenvalue weighted by atomic mass is 9.90. The topological polar surface area (TPSA) is 114 Å². The summed E-state index contributed by atoms with van der Waals surface area (Å²) in [7, 11) is 3.11. The number of hydrogen-bond donors (Lipinski definition) is 0. The lowest BCUT2D eigenvalue weighted by Crippen LogP contribution is -2.39. The van der Waals surface area contributed by atoms with E-state index in [4.69, 9.17) is 9.47 Å². The van der Waals surface area contributed by atoms with Crippen LogP contribution in [0.4, 0.5) is 22.0 Å². The third kappa shape index (κ3) is 9.16. The van der Waals surface area contributed by atoms with E-state index < -0.39 is 30.5 Å². The maximum Gasteiger partial charge on any atom is 0.411 e. The second-order valence-electron chi connectivity index (χ2n) is 13.4. The van der Waals surface area contributed by atoms with Crippen molar-refractivity contribution in [2.75, 3.05) is 53.6 Å². The van der Waals surface area contributed by atoms with E-state index in [2.05, 4.69) is 25.3 Å². The Bertz CT molecular complexity index is 2010. The van der Waals surface area contributed by atoms with Gasteiger partial charge in [0.15, 0.2) is 17.5 Å². The number of ether oxygens (including phenoxy) is 2. The van der Waals surface area contributed by atoms with Crippen molar-refractivity contribution in [2.45, 2.75) is 43.9 Å². The first kappa shape index (κ1) is 38.6. The smallest absolute Gasteiger partial charge is 0.411 e. The summed E-state index contributed by atoms with van der Waals surface area (Å²) in [5.74, 6) is -2.60. The Morgan fingerprint density at radius 1 is 1.00 bits per heavy atom. The van der Waals surface area contributed by atoms with Crippen LogP contribution in [-0.2, 0) is 11.3 Å². The predicted octanol–water partition coefficient (Wildman–Crippen LogP) is 7.24. The molecule has 54 heavy (non-hydrogen) atoms. The Morgan fingerprint density at radius 3 is 2.48 bits per heavy atom. The molecule has 6 rings (SSSR count). The van der Waals surface area contributed by atoms with Crippen LogP contribution in [0.2, 0.25) is 0 Å². The number of hydrogen-bond acceptors (Lipinski definition) is 9. The molecule has 1 amide bonds. The number of Topliss-reactive ketones (excluding diaryl/α,β-unsaturated/α-hetero) is 1. The van der Waals surface area contributed by atoms with Gasteiger partial charge in [0.1, 0.15) is 18.4 Å². The summed E-state index contributed by atoms with van der Waals surface area (Å²) >= 11 is 0. The molecular weight excluding hydrogens is 713 g/mol. The highest BCUT2D eigenvalue weighted by Crippen LogP contribution is 2.30. The number of likely N-dealkylation sites (N-methyl/N-ethyl adjacent to an activating group) is 1. The van der Waals surface area contributed by atoms with Crippen molar-refractivity contribution < 1.29 is 41.0 Å². The van der Waals surface area contributed by atoms with Crippen molar-refractivity contribution in [3.05, 3.63) is 94.8 Å². The molecule has 2 unspecified atom stereocenters. The first-order valence-corrected chi connectivity index (χ1v) is 17.6. The second kappa shape index (κ2) is 16.9. The van der Waals surface area contributed by atoms with E-state index in [1.54, 1.807) is 60.3 Å². The molecule has 16 heteroatoms. The van der Waals surface area contributed by atoms with Gasteiger partial charge in [0.25, 0.3) is 5.91 Å². The van der Waals surface area contributed by atoms with E-state index in [1.165, 1.54) is 18.1 Å². The van der Waals surface area contributed by atoms with Crippen LogP contribution in [-0.4, -0.2) is 97.0 Å². The van der Waals surface area contributed by atoms with E-state index in [9.17, 15) is 31.5 Å². The van der Waals surface area contributed by atoms with Gasteiger partial charge >= 0.3 is 6.18 Å². The summed E-state index contributed by atoms with van der Waals surface area (Å²) in [5, 5.41) is 11.5. The molecule has 2 aliphatic rings. The molecule has 3 heterocycles. The van der Waals surface area contributed by atoms with Crippen molar-refractivity contribution in [1.29, 1.82) is 0 Å². The van der Waals surface area contributed by atoms with Crippen molar-refractivity contribution in [2.24, 2.45) is 21.4 Å². The lowest BCUT2D eigenvalue weighted by molar-refractivity contribution is -0.174. The Balaban J connectivity index is 1.11. The summed E-state index contributed by atoms with van der Waals surface area (Å²) in [6.45, 7) is 0.344. The van der Waals surface area contributed by atoms with Crippen LogP contribution in [0.1, 0.15) is 63.3 Å². The number of carbonyl (C=O) groups excluding carboxylic acids is 2. The lowest BCUT2D eigenvalue weighted by Gasteiger charge is -2.33. The molecule has 0 spiro atoms. The fourth-order valence-corrected chi connectivity index (χ4v) is 6.96. The molecule has 4 aromatic rings. The predicted molar refractivity (Wildman–Crippen MR) is 190 cm³/mol. The Morgan fingerprint density at radius 2 is 1.78 bits per heavy atom. The van der Waals surface area contributed by atoms with Crippen LogP contribution in [0.5, 0.6) is 5.75 Å². The highest BCUT2D eigenvalue weighted by molar-refractivity contribution is 5.98. The normalized spacial score (nSPS) is 17.0. The van der Waals surface area contributed by atoms with Gasteiger partial charge < -0.3 is 23.8 Å². The monoisotopic (exact) mass is 753 g/mol. The molecule has 0 bridgehead atoms. The number of amides is 1. The molecule has 1 fully saturated rings. The molecule has 0 aliphatic carbocycles. The van der Waals surface area contributed by atoms with Gasteiger partial charge in [-0.1, -0.05) is 24.3 Å². The number of ketones is 1. The second-order valence-corrected chi connectivity index (χ2v) is 13.4. The molecule has 0 saturated carbocycles. The summed E-state index contributed by atoms with van der Waals surface area (Å²) < 4.78 is 78.3. The van der Waals surface area contributed by atoms with E-state index in [0.29, 0.717) is 72.4 Å². The molecular formula is C38H40F5N7O4. The zero-order chi connectivity index (χ0) is 38.4. The first-order valence-electron chi connectivity index (χ1n) is 17.6. The minimum Gasteiger partial charge on any atom is -0.496 e. The third-order valence-corrected chi connectivity index (χ3v) is 9.84. The summed E-state index contributed by atoms with van der Waals surface area (Å²) in [6, 6.07) is 15.6. The molecule has 3 aromatic carbocycles. The first-order chi connectivity index (χ1) is 25.9. The highest BCUT2D eigenvalue weighted by Gasteiger charge is 2.31. The highest BCUT2D eigenvalue weighted by atomic mass is 19.4. The van der Waals surface area contributed by atoms with Crippen LogP contribution in [0.3, 0.4) is 0 Å². The van der Waals surface area contributed by atoms with Gasteiger partial charge in [-0.3, -0.25) is 9.59 Å². The molecule has 2 aliphatic heterocycles. The van der Waals surface area contributed by atoms with Gasteiger partial charge in [-0.25, -0.2) is 13.8 Å². The largest absolute Gasteiger partial charge is 0.496 e. The fraction of sp³-hybridized carbons (Fsp3) is 0.421. The van der Waals surface area contributed by atoms with Crippen LogP contribution in [0.15, 0.2) is 76.1 Å². The van der Waals surface area contributed by atoms with E-state index in [-0.39, 0.29) is 49.0 Å². The number of aromatic nitrogens is 2. The number of methoxy groups -OCH3 is 1. The quantitative estimate of drug-likeness (QED) is 0.0719. The van der Waals surface area contributed by atoms with Gasteiger partial charge in [-0.05, 0) is 91.6 Å². The van der Waals surface area contributed by atoms with Gasteiger partial charge in [0.05, 0.1) is 36.5 Å². The molecule has 0 radical (unpaired) electrons. The van der Waals surface area contributed by atoms with Crippen molar-refractivity contribution in [3.8, 4) is 5.75 Å². The Kier molecular flexibility index (Phi) is 12.1. The van der Waals surface area contributed by atoms with Crippen molar-refractivity contribution in [1.82, 2.24) is 19.4 Å².